The average molecular weight is 219 g/mol. The van der Waals surface area contributed by atoms with Crippen LogP contribution in [0.25, 0.3) is 0 Å². The Morgan fingerprint density at radius 2 is 2.31 bits per heavy atom. The van der Waals surface area contributed by atoms with Gasteiger partial charge in [0.05, 0.1) is 5.54 Å². The molecule has 0 aromatic carbocycles. The van der Waals surface area contributed by atoms with Crippen molar-refractivity contribution < 1.29 is 4.79 Å². The third-order valence-electron chi connectivity index (χ3n) is 3.09. The summed E-state index contributed by atoms with van der Waals surface area (Å²) in [6.45, 7) is 0.606. The molecule has 1 fully saturated rings. The third kappa shape index (κ3) is 2.39. The van der Waals surface area contributed by atoms with E-state index in [9.17, 15) is 4.79 Å². The lowest BCUT2D eigenvalue weighted by Gasteiger charge is -2.36. The van der Waals surface area contributed by atoms with Gasteiger partial charge in [0.2, 0.25) is 5.91 Å². The van der Waals surface area contributed by atoms with Crippen LogP contribution in [0.4, 0.5) is 0 Å². The van der Waals surface area contributed by atoms with Crippen molar-refractivity contribution in [2.24, 2.45) is 5.73 Å². The molecule has 1 saturated carbocycles. The van der Waals surface area contributed by atoms with Gasteiger partial charge < -0.3 is 11.1 Å². The second-order valence-electron chi connectivity index (χ2n) is 4.34. The maximum atomic E-state index is 11.7. The highest BCUT2D eigenvalue weighted by molar-refractivity contribution is 5.86. The Labute approximate surface area is 95.3 Å². The fourth-order valence-electron chi connectivity index (χ4n) is 1.81. The van der Waals surface area contributed by atoms with Gasteiger partial charge in [0.15, 0.2) is 0 Å². The van der Waals surface area contributed by atoms with Gasteiger partial charge >= 0.3 is 0 Å². The Balaban J connectivity index is 1.74. The number of rotatable bonds is 4. The summed E-state index contributed by atoms with van der Waals surface area (Å²) < 4.78 is 0. The van der Waals surface area contributed by atoms with E-state index in [4.69, 9.17) is 5.73 Å². The zero-order chi connectivity index (χ0) is 11.4. The maximum Gasteiger partial charge on any atom is 0.240 e. The molecule has 2 rings (SSSR count). The number of hydrogen-bond donors (Lipinski definition) is 2. The zero-order valence-electron chi connectivity index (χ0n) is 9.28. The highest BCUT2D eigenvalue weighted by atomic mass is 16.2. The molecule has 0 unspecified atom stereocenters. The number of carbonyl (C=O) groups excluding carboxylic acids is 1. The minimum atomic E-state index is -0.593. The lowest BCUT2D eigenvalue weighted by molar-refractivity contribution is -0.129. The quantitative estimate of drug-likeness (QED) is 0.780. The van der Waals surface area contributed by atoms with Crippen molar-refractivity contribution in [3.8, 4) is 0 Å². The Morgan fingerprint density at radius 1 is 1.50 bits per heavy atom. The molecule has 0 aliphatic heterocycles. The SMILES string of the molecule is NC1(C(=O)NCCc2ccccn2)CCC1. The van der Waals surface area contributed by atoms with E-state index >= 15 is 0 Å². The summed E-state index contributed by atoms with van der Waals surface area (Å²) >= 11 is 0. The third-order valence-corrected chi connectivity index (χ3v) is 3.09. The topological polar surface area (TPSA) is 68.0 Å². The highest BCUT2D eigenvalue weighted by Crippen LogP contribution is 2.28. The summed E-state index contributed by atoms with van der Waals surface area (Å²) in [6.07, 6.45) is 5.19. The molecule has 1 heterocycles. The number of nitrogens with zero attached hydrogens (tertiary/aromatic N) is 1. The summed E-state index contributed by atoms with van der Waals surface area (Å²) in [5.74, 6) is -0.0188. The van der Waals surface area contributed by atoms with Crippen LogP contribution in [0.3, 0.4) is 0 Å². The number of nitrogens with one attached hydrogen (secondary N) is 1. The summed E-state index contributed by atoms with van der Waals surface area (Å²) in [5, 5.41) is 2.87. The van der Waals surface area contributed by atoms with Crippen LogP contribution in [0.5, 0.6) is 0 Å². The normalized spacial score (nSPS) is 17.6. The molecule has 0 radical (unpaired) electrons. The predicted molar refractivity (Wildman–Crippen MR) is 61.7 cm³/mol. The molecule has 16 heavy (non-hydrogen) atoms. The Bertz CT molecular complexity index is 360. The second-order valence-corrected chi connectivity index (χ2v) is 4.34. The standard InChI is InChI=1S/C12H17N3O/c13-12(6-3-7-12)11(16)15-9-5-10-4-1-2-8-14-10/h1-2,4,8H,3,5-7,9,13H2,(H,15,16). The molecular weight excluding hydrogens is 202 g/mol. The first kappa shape index (κ1) is 11.1. The summed E-state index contributed by atoms with van der Waals surface area (Å²) in [6, 6.07) is 5.78. The first-order valence-electron chi connectivity index (χ1n) is 5.68. The van der Waals surface area contributed by atoms with Crippen molar-refractivity contribution in [2.75, 3.05) is 6.54 Å². The van der Waals surface area contributed by atoms with Crippen LogP contribution in [-0.4, -0.2) is 23.0 Å². The van der Waals surface area contributed by atoms with E-state index in [0.29, 0.717) is 6.54 Å². The van der Waals surface area contributed by atoms with Gasteiger partial charge in [0.1, 0.15) is 0 Å². The molecule has 4 heteroatoms. The molecule has 1 aliphatic carbocycles. The number of amides is 1. The molecule has 1 amide bonds. The van der Waals surface area contributed by atoms with Crippen LogP contribution in [0.1, 0.15) is 25.0 Å². The number of hydrogen-bond acceptors (Lipinski definition) is 3. The number of nitrogens with two attached hydrogens (primary N) is 1. The largest absolute Gasteiger partial charge is 0.354 e. The van der Waals surface area contributed by atoms with Gasteiger partial charge in [-0.15, -0.1) is 0 Å². The van der Waals surface area contributed by atoms with Gasteiger partial charge in [-0.3, -0.25) is 9.78 Å². The molecule has 0 atom stereocenters. The lowest BCUT2D eigenvalue weighted by Crippen LogP contribution is -2.58. The summed E-state index contributed by atoms with van der Waals surface area (Å²) in [5.41, 5.74) is 6.29. The van der Waals surface area contributed by atoms with Crippen LogP contribution in [-0.2, 0) is 11.2 Å². The van der Waals surface area contributed by atoms with Gasteiger partial charge in [-0.05, 0) is 31.4 Å². The van der Waals surface area contributed by atoms with E-state index in [1.807, 2.05) is 18.2 Å². The minimum Gasteiger partial charge on any atom is -0.354 e. The van der Waals surface area contributed by atoms with E-state index in [1.54, 1.807) is 6.20 Å². The van der Waals surface area contributed by atoms with E-state index in [-0.39, 0.29) is 5.91 Å². The van der Waals surface area contributed by atoms with Crippen LogP contribution in [0.15, 0.2) is 24.4 Å². The first-order chi connectivity index (χ1) is 7.71. The van der Waals surface area contributed by atoms with E-state index in [2.05, 4.69) is 10.3 Å². The van der Waals surface area contributed by atoms with Crippen molar-refractivity contribution in [1.82, 2.24) is 10.3 Å². The maximum absolute atomic E-state index is 11.7. The lowest BCUT2D eigenvalue weighted by atomic mass is 9.77. The van der Waals surface area contributed by atoms with E-state index < -0.39 is 5.54 Å². The van der Waals surface area contributed by atoms with Gasteiger partial charge in [0.25, 0.3) is 0 Å². The number of pyridine rings is 1. The summed E-state index contributed by atoms with van der Waals surface area (Å²) in [4.78, 5) is 15.9. The number of carbonyl (C=O) groups is 1. The Kier molecular flexibility index (Phi) is 3.19. The molecule has 0 bridgehead atoms. The van der Waals surface area contributed by atoms with Crippen LogP contribution < -0.4 is 11.1 Å². The van der Waals surface area contributed by atoms with Crippen molar-refractivity contribution in [2.45, 2.75) is 31.2 Å². The van der Waals surface area contributed by atoms with Crippen LogP contribution in [0.2, 0.25) is 0 Å². The van der Waals surface area contributed by atoms with E-state index in [1.165, 1.54) is 0 Å². The van der Waals surface area contributed by atoms with Crippen molar-refractivity contribution in [1.29, 1.82) is 0 Å². The molecular formula is C12H17N3O. The molecule has 86 valence electrons. The average Bonchev–Trinajstić information content (AvgIpc) is 2.27. The van der Waals surface area contributed by atoms with Crippen molar-refractivity contribution >= 4 is 5.91 Å². The monoisotopic (exact) mass is 219 g/mol. The van der Waals surface area contributed by atoms with Crippen molar-refractivity contribution in [3.05, 3.63) is 30.1 Å². The Morgan fingerprint density at radius 3 is 2.88 bits per heavy atom. The Hall–Kier alpha value is -1.42. The minimum absolute atomic E-state index is 0.0188. The molecule has 1 aromatic heterocycles. The highest BCUT2D eigenvalue weighted by Gasteiger charge is 2.39. The second kappa shape index (κ2) is 4.61. The fourth-order valence-corrected chi connectivity index (χ4v) is 1.81. The van der Waals surface area contributed by atoms with Gasteiger partial charge in [-0.2, -0.15) is 0 Å². The van der Waals surface area contributed by atoms with Crippen molar-refractivity contribution in [3.63, 3.8) is 0 Å². The fraction of sp³-hybridized carbons (Fsp3) is 0.500. The van der Waals surface area contributed by atoms with Crippen LogP contribution in [0, 0.1) is 0 Å². The molecule has 3 N–H and O–H groups in total. The van der Waals surface area contributed by atoms with E-state index in [0.717, 1.165) is 31.4 Å². The summed E-state index contributed by atoms with van der Waals surface area (Å²) in [7, 11) is 0. The smallest absolute Gasteiger partial charge is 0.240 e. The first-order valence-corrected chi connectivity index (χ1v) is 5.68. The zero-order valence-corrected chi connectivity index (χ0v) is 9.28. The predicted octanol–water partition coefficient (Wildman–Crippen LogP) is 0.622. The molecule has 1 aliphatic rings. The molecule has 1 aromatic rings. The van der Waals surface area contributed by atoms with Crippen LogP contribution >= 0.6 is 0 Å². The molecule has 0 spiro atoms. The van der Waals surface area contributed by atoms with Gasteiger partial charge in [0, 0.05) is 24.9 Å². The molecule has 4 nitrogen and oxygen atoms in total. The van der Waals surface area contributed by atoms with Gasteiger partial charge in [-0.1, -0.05) is 6.07 Å². The van der Waals surface area contributed by atoms with Gasteiger partial charge in [-0.25, -0.2) is 0 Å². The number of aromatic nitrogens is 1. The molecule has 0 saturated heterocycles.